The lowest BCUT2D eigenvalue weighted by Gasteiger charge is -2.04. The van der Waals surface area contributed by atoms with Crippen molar-refractivity contribution in [1.82, 2.24) is 4.57 Å². The molecule has 0 N–H and O–H groups in total. The SMILES string of the molecule is COC(=O)CC(=O)c1cc(F)c2c(c1)c(C)cn2C. The Morgan fingerprint density at radius 2 is 2.05 bits per heavy atom. The molecule has 2 rings (SSSR count). The molecule has 0 saturated heterocycles. The number of rotatable bonds is 3. The molecule has 1 aromatic heterocycles. The summed E-state index contributed by atoms with van der Waals surface area (Å²) < 4.78 is 20.1. The minimum atomic E-state index is -0.629. The van der Waals surface area contributed by atoms with Gasteiger partial charge in [-0.3, -0.25) is 9.59 Å². The second-order valence-corrected chi connectivity index (χ2v) is 4.45. The molecule has 0 unspecified atom stereocenters. The van der Waals surface area contributed by atoms with Crippen LogP contribution in [0.1, 0.15) is 22.3 Å². The highest BCUT2D eigenvalue weighted by Crippen LogP contribution is 2.25. The number of halogens is 1. The Balaban J connectivity index is 2.49. The number of ether oxygens (including phenoxy) is 1. The molecule has 4 nitrogen and oxygen atoms in total. The predicted molar refractivity (Wildman–Crippen MR) is 68.6 cm³/mol. The summed E-state index contributed by atoms with van der Waals surface area (Å²) in [7, 11) is 2.95. The molecule has 0 radical (unpaired) electrons. The fraction of sp³-hybridized carbons (Fsp3) is 0.286. The molecule has 2 aromatic rings. The van der Waals surface area contributed by atoms with Crippen molar-refractivity contribution in [3.05, 3.63) is 35.3 Å². The van der Waals surface area contributed by atoms with E-state index in [1.807, 2.05) is 6.92 Å². The van der Waals surface area contributed by atoms with E-state index in [-0.39, 0.29) is 12.0 Å². The molecule has 0 fully saturated rings. The largest absolute Gasteiger partial charge is 0.469 e. The fourth-order valence-electron chi connectivity index (χ4n) is 2.15. The number of ketones is 1. The van der Waals surface area contributed by atoms with Gasteiger partial charge in [-0.1, -0.05) is 0 Å². The first kappa shape index (κ1) is 13.3. The van der Waals surface area contributed by atoms with Gasteiger partial charge in [0.05, 0.1) is 12.6 Å². The van der Waals surface area contributed by atoms with Gasteiger partial charge in [-0.2, -0.15) is 0 Å². The first-order chi connectivity index (χ1) is 8.93. The van der Waals surface area contributed by atoms with Gasteiger partial charge in [-0.05, 0) is 24.6 Å². The molecule has 19 heavy (non-hydrogen) atoms. The second kappa shape index (κ2) is 4.84. The molecule has 0 aliphatic heterocycles. The zero-order chi connectivity index (χ0) is 14.2. The molecule has 1 heterocycles. The van der Waals surface area contributed by atoms with E-state index in [9.17, 15) is 14.0 Å². The summed E-state index contributed by atoms with van der Waals surface area (Å²) in [6.45, 7) is 1.84. The van der Waals surface area contributed by atoms with Crippen molar-refractivity contribution in [3.8, 4) is 0 Å². The number of methoxy groups -OCH3 is 1. The number of carbonyl (C=O) groups excluding carboxylic acids is 2. The van der Waals surface area contributed by atoms with Crippen LogP contribution in [-0.4, -0.2) is 23.4 Å². The molecule has 5 heteroatoms. The lowest BCUT2D eigenvalue weighted by Crippen LogP contribution is -2.10. The highest BCUT2D eigenvalue weighted by Gasteiger charge is 2.16. The third-order valence-corrected chi connectivity index (χ3v) is 3.08. The van der Waals surface area contributed by atoms with E-state index >= 15 is 0 Å². The Morgan fingerprint density at radius 3 is 2.68 bits per heavy atom. The lowest BCUT2D eigenvalue weighted by molar-refractivity contribution is -0.139. The number of hydrogen-bond acceptors (Lipinski definition) is 3. The number of nitrogens with zero attached hydrogens (tertiary/aromatic N) is 1. The van der Waals surface area contributed by atoms with E-state index in [4.69, 9.17) is 0 Å². The van der Waals surface area contributed by atoms with Crippen molar-refractivity contribution in [2.75, 3.05) is 7.11 Å². The van der Waals surface area contributed by atoms with E-state index in [1.165, 1.54) is 7.11 Å². The number of aromatic nitrogens is 1. The van der Waals surface area contributed by atoms with Crippen molar-refractivity contribution in [1.29, 1.82) is 0 Å². The lowest BCUT2D eigenvalue weighted by atomic mass is 10.0. The maximum Gasteiger partial charge on any atom is 0.313 e. The zero-order valence-corrected chi connectivity index (χ0v) is 11.0. The average Bonchev–Trinajstić information content (AvgIpc) is 2.64. The van der Waals surface area contributed by atoms with Crippen LogP contribution < -0.4 is 0 Å². The Kier molecular flexibility index (Phi) is 3.38. The number of Topliss-reactive ketones (excluding diaryl/α,β-unsaturated/α-hetero) is 1. The van der Waals surface area contributed by atoms with Gasteiger partial charge < -0.3 is 9.30 Å². The van der Waals surface area contributed by atoms with E-state index in [0.717, 1.165) is 11.6 Å². The van der Waals surface area contributed by atoms with Crippen molar-refractivity contribution < 1.29 is 18.7 Å². The number of aryl methyl sites for hydroxylation is 2. The molecular weight excluding hydrogens is 249 g/mol. The van der Waals surface area contributed by atoms with Gasteiger partial charge in [-0.25, -0.2) is 4.39 Å². The highest BCUT2D eigenvalue weighted by molar-refractivity contribution is 6.07. The van der Waals surface area contributed by atoms with Crippen molar-refractivity contribution in [3.63, 3.8) is 0 Å². The van der Waals surface area contributed by atoms with Gasteiger partial charge in [0.15, 0.2) is 5.78 Å². The molecule has 1 aromatic carbocycles. The zero-order valence-electron chi connectivity index (χ0n) is 11.0. The van der Waals surface area contributed by atoms with Crippen LogP contribution >= 0.6 is 0 Å². The topological polar surface area (TPSA) is 48.3 Å². The van der Waals surface area contributed by atoms with Gasteiger partial charge in [0.1, 0.15) is 12.2 Å². The van der Waals surface area contributed by atoms with Crippen molar-refractivity contribution >= 4 is 22.7 Å². The van der Waals surface area contributed by atoms with Crippen LogP contribution in [-0.2, 0) is 16.6 Å². The molecule has 0 spiro atoms. The van der Waals surface area contributed by atoms with Gasteiger partial charge in [-0.15, -0.1) is 0 Å². The van der Waals surface area contributed by atoms with Crippen molar-refractivity contribution in [2.45, 2.75) is 13.3 Å². The first-order valence-electron chi connectivity index (χ1n) is 5.79. The van der Waals surface area contributed by atoms with Crippen LogP contribution in [0.25, 0.3) is 10.9 Å². The predicted octanol–water partition coefficient (Wildman–Crippen LogP) is 2.37. The summed E-state index contributed by atoms with van der Waals surface area (Å²) in [6.07, 6.45) is 1.41. The van der Waals surface area contributed by atoms with Crippen LogP contribution in [0.5, 0.6) is 0 Å². The van der Waals surface area contributed by atoms with Gasteiger partial charge >= 0.3 is 5.97 Å². The standard InChI is InChI=1S/C14H14FNO3/c1-8-7-16(2)14-10(8)4-9(5-11(14)15)12(17)6-13(18)19-3/h4-5,7H,6H2,1-3H3. The number of benzene rings is 1. The summed E-state index contributed by atoms with van der Waals surface area (Å²) in [4.78, 5) is 22.9. The minimum Gasteiger partial charge on any atom is -0.469 e. The highest BCUT2D eigenvalue weighted by atomic mass is 19.1. The first-order valence-corrected chi connectivity index (χ1v) is 5.79. The summed E-state index contributed by atoms with van der Waals surface area (Å²) in [6, 6.07) is 2.77. The quantitative estimate of drug-likeness (QED) is 0.485. The maximum absolute atomic E-state index is 14.0. The van der Waals surface area contributed by atoms with Gasteiger partial charge in [0.25, 0.3) is 0 Å². The Morgan fingerprint density at radius 1 is 1.37 bits per heavy atom. The average molecular weight is 263 g/mol. The summed E-state index contributed by atoms with van der Waals surface area (Å²) >= 11 is 0. The molecular formula is C14H14FNO3. The number of carbonyl (C=O) groups is 2. The molecule has 0 saturated carbocycles. The summed E-state index contributed by atoms with van der Waals surface area (Å²) in [5, 5.41) is 0.677. The van der Waals surface area contributed by atoms with Gasteiger partial charge in [0, 0.05) is 24.2 Å². The van der Waals surface area contributed by atoms with E-state index in [1.54, 1.807) is 23.9 Å². The van der Waals surface area contributed by atoms with E-state index in [2.05, 4.69) is 4.74 Å². The normalized spacial score (nSPS) is 10.7. The van der Waals surface area contributed by atoms with E-state index < -0.39 is 17.6 Å². The minimum absolute atomic E-state index is 0.185. The molecule has 0 atom stereocenters. The van der Waals surface area contributed by atoms with Crippen LogP contribution in [0.3, 0.4) is 0 Å². The molecule has 0 aliphatic rings. The molecule has 0 bridgehead atoms. The van der Waals surface area contributed by atoms with Crippen LogP contribution in [0.2, 0.25) is 0 Å². The van der Waals surface area contributed by atoms with Crippen LogP contribution in [0.15, 0.2) is 18.3 Å². The third kappa shape index (κ3) is 2.36. The number of hydrogen-bond donors (Lipinski definition) is 0. The monoisotopic (exact) mass is 263 g/mol. The molecule has 0 aliphatic carbocycles. The van der Waals surface area contributed by atoms with Crippen LogP contribution in [0, 0.1) is 12.7 Å². The van der Waals surface area contributed by atoms with Crippen molar-refractivity contribution in [2.24, 2.45) is 7.05 Å². The number of fused-ring (bicyclic) bond motifs is 1. The third-order valence-electron chi connectivity index (χ3n) is 3.08. The van der Waals surface area contributed by atoms with Crippen LogP contribution in [0.4, 0.5) is 4.39 Å². The maximum atomic E-state index is 14.0. The Hall–Kier alpha value is -2.17. The van der Waals surface area contributed by atoms with E-state index in [0.29, 0.717) is 10.9 Å². The Labute approximate surface area is 109 Å². The molecule has 0 amide bonds. The molecule has 100 valence electrons. The number of esters is 1. The fourth-order valence-corrected chi connectivity index (χ4v) is 2.15. The summed E-state index contributed by atoms with van der Waals surface area (Å²) in [5.74, 6) is -1.55. The Bertz CT molecular complexity index is 673. The smallest absolute Gasteiger partial charge is 0.313 e. The van der Waals surface area contributed by atoms with Gasteiger partial charge in [0.2, 0.25) is 0 Å². The summed E-state index contributed by atoms with van der Waals surface area (Å²) in [5.41, 5.74) is 1.51. The second-order valence-electron chi connectivity index (χ2n) is 4.45.